The van der Waals surface area contributed by atoms with Crippen LogP contribution in [0.15, 0.2) is 30.3 Å². The van der Waals surface area contributed by atoms with Gasteiger partial charge in [0.05, 0.1) is 13.2 Å². The molecule has 7 heteroatoms. The Morgan fingerprint density at radius 1 is 1.21 bits per heavy atom. The number of rotatable bonds is 6. The van der Waals surface area contributed by atoms with E-state index >= 15 is 0 Å². The molecule has 0 aliphatic carbocycles. The van der Waals surface area contributed by atoms with Crippen LogP contribution in [0, 0.1) is 0 Å². The zero-order chi connectivity index (χ0) is 20.7. The molecule has 2 amide bonds. The van der Waals surface area contributed by atoms with Gasteiger partial charge in [-0.3, -0.25) is 9.69 Å². The number of hydrogen-bond acceptors (Lipinski definition) is 5. The van der Waals surface area contributed by atoms with Crippen molar-refractivity contribution in [3.8, 4) is 0 Å². The van der Waals surface area contributed by atoms with Gasteiger partial charge >= 0.3 is 6.09 Å². The van der Waals surface area contributed by atoms with Crippen LogP contribution >= 0.6 is 0 Å². The lowest BCUT2D eigenvalue weighted by Crippen LogP contribution is -2.52. The highest BCUT2D eigenvalue weighted by atomic mass is 16.6. The van der Waals surface area contributed by atoms with Crippen LogP contribution < -0.4 is 0 Å². The summed E-state index contributed by atoms with van der Waals surface area (Å²) in [7, 11) is 0. The number of aliphatic hydroxyl groups is 1. The highest BCUT2D eigenvalue weighted by molar-refractivity contribution is 5.73. The van der Waals surface area contributed by atoms with E-state index in [1.54, 1.807) is 16.7 Å². The Hall–Kier alpha value is -2.12. The van der Waals surface area contributed by atoms with E-state index in [0.29, 0.717) is 25.9 Å². The zero-order valence-corrected chi connectivity index (χ0v) is 17.3. The predicted molar refractivity (Wildman–Crippen MR) is 105 cm³/mol. The molecule has 1 aromatic rings. The van der Waals surface area contributed by atoms with Gasteiger partial charge < -0.3 is 19.5 Å². The molecule has 1 aliphatic rings. The van der Waals surface area contributed by atoms with Crippen LogP contribution in [0.5, 0.6) is 0 Å². The topological polar surface area (TPSA) is 79.3 Å². The highest BCUT2D eigenvalue weighted by Gasteiger charge is 2.33. The molecule has 1 fully saturated rings. The molecular weight excluding hydrogens is 360 g/mol. The predicted octanol–water partition coefficient (Wildman–Crippen LogP) is 2.77. The van der Waals surface area contributed by atoms with Gasteiger partial charge in [-0.2, -0.15) is 0 Å². The summed E-state index contributed by atoms with van der Waals surface area (Å²) >= 11 is 0. The maximum Gasteiger partial charge on any atom is 0.410 e. The lowest BCUT2D eigenvalue weighted by molar-refractivity contribution is -0.133. The molecule has 1 unspecified atom stereocenters. The van der Waals surface area contributed by atoms with E-state index in [-0.39, 0.29) is 25.1 Å². The molecule has 1 aliphatic heterocycles. The molecule has 28 heavy (non-hydrogen) atoms. The monoisotopic (exact) mass is 392 g/mol. The largest absolute Gasteiger partial charge is 0.444 e. The molecule has 156 valence electrons. The van der Waals surface area contributed by atoms with E-state index in [1.807, 2.05) is 51.1 Å². The first kappa shape index (κ1) is 22.2. The van der Waals surface area contributed by atoms with Gasteiger partial charge in [-0.1, -0.05) is 30.3 Å². The van der Waals surface area contributed by atoms with Gasteiger partial charge in [-0.05, 0) is 39.2 Å². The quantitative estimate of drug-likeness (QED) is 0.753. The van der Waals surface area contributed by atoms with Crippen molar-refractivity contribution in [1.29, 1.82) is 0 Å². The summed E-state index contributed by atoms with van der Waals surface area (Å²) in [5.74, 6) is 0.0356. The Labute approximate surface area is 167 Å². The third kappa shape index (κ3) is 7.13. The Morgan fingerprint density at radius 3 is 2.36 bits per heavy atom. The molecule has 0 aromatic heterocycles. The SMILES string of the molecule is CC(=O)N1CCC(N(CC(O)OCc2ccccc2)C(=O)OC(C)(C)C)CC1. The molecule has 0 spiro atoms. The van der Waals surface area contributed by atoms with Crippen molar-refractivity contribution in [3.63, 3.8) is 0 Å². The molecule has 0 bridgehead atoms. The molecule has 1 heterocycles. The maximum absolute atomic E-state index is 12.7. The van der Waals surface area contributed by atoms with Crippen LogP contribution in [-0.2, 0) is 20.9 Å². The fourth-order valence-corrected chi connectivity index (χ4v) is 3.17. The van der Waals surface area contributed by atoms with Gasteiger partial charge in [-0.25, -0.2) is 4.79 Å². The van der Waals surface area contributed by atoms with Crippen molar-refractivity contribution in [1.82, 2.24) is 9.80 Å². The molecule has 1 atom stereocenters. The third-order valence-electron chi connectivity index (χ3n) is 4.62. The van der Waals surface area contributed by atoms with E-state index in [1.165, 1.54) is 0 Å². The van der Waals surface area contributed by atoms with E-state index in [4.69, 9.17) is 9.47 Å². The lowest BCUT2D eigenvalue weighted by atomic mass is 10.0. The Bertz CT molecular complexity index is 636. The van der Waals surface area contributed by atoms with Crippen molar-refractivity contribution in [2.45, 2.75) is 65.1 Å². The number of carbonyl (C=O) groups excluding carboxylic acids is 2. The fourth-order valence-electron chi connectivity index (χ4n) is 3.17. The van der Waals surface area contributed by atoms with E-state index in [0.717, 1.165) is 5.56 Å². The Balaban J connectivity index is 1.99. The van der Waals surface area contributed by atoms with E-state index in [9.17, 15) is 14.7 Å². The van der Waals surface area contributed by atoms with Crippen molar-refractivity contribution in [3.05, 3.63) is 35.9 Å². The van der Waals surface area contributed by atoms with E-state index in [2.05, 4.69) is 0 Å². The number of piperidine rings is 1. The highest BCUT2D eigenvalue weighted by Crippen LogP contribution is 2.21. The fraction of sp³-hybridized carbons (Fsp3) is 0.619. The van der Waals surface area contributed by atoms with E-state index < -0.39 is 18.0 Å². The van der Waals surface area contributed by atoms with Gasteiger partial charge in [0.2, 0.25) is 5.91 Å². The number of nitrogens with zero attached hydrogens (tertiary/aromatic N) is 2. The molecular formula is C21H32N2O5. The van der Waals surface area contributed by atoms with Gasteiger partial charge in [-0.15, -0.1) is 0 Å². The van der Waals surface area contributed by atoms with Crippen molar-refractivity contribution < 1.29 is 24.2 Å². The molecule has 0 radical (unpaired) electrons. The van der Waals surface area contributed by atoms with Gasteiger partial charge in [0, 0.05) is 26.1 Å². The molecule has 0 saturated carbocycles. The zero-order valence-electron chi connectivity index (χ0n) is 17.3. The van der Waals surface area contributed by atoms with Crippen molar-refractivity contribution in [2.24, 2.45) is 0 Å². The minimum Gasteiger partial charge on any atom is -0.444 e. The third-order valence-corrected chi connectivity index (χ3v) is 4.62. The molecule has 7 nitrogen and oxygen atoms in total. The standard InChI is InChI=1S/C21H32N2O5/c1-16(24)22-12-10-18(11-13-22)23(20(26)28-21(2,3)4)14-19(25)27-15-17-8-6-5-7-9-17/h5-9,18-19,25H,10-15H2,1-4H3. The number of hydrogen-bond donors (Lipinski definition) is 1. The number of amides is 2. The average Bonchev–Trinajstić information content (AvgIpc) is 2.64. The lowest BCUT2D eigenvalue weighted by Gasteiger charge is -2.39. The number of aliphatic hydroxyl groups excluding tert-OH is 1. The summed E-state index contributed by atoms with van der Waals surface area (Å²) in [6.07, 6.45) is -0.316. The maximum atomic E-state index is 12.7. The minimum absolute atomic E-state index is 0.0203. The number of likely N-dealkylation sites (tertiary alicyclic amines) is 1. The normalized spacial score (nSPS) is 16.5. The van der Waals surface area contributed by atoms with Crippen molar-refractivity contribution >= 4 is 12.0 Å². The van der Waals surface area contributed by atoms with Crippen LogP contribution in [-0.4, -0.2) is 64.5 Å². The minimum atomic E-state index is -1.13. The second-order valence-electron chi connectivity index (χ2n) is 8.12. The van der Waals surface area contributed by atoms with Crippen LogP contribution in [0.4, 0.5) is 4.79 Å². The molecule has 1 aromatic carbocycles. The first-order valence-corrected chi connectivity index (χ1v) is 9.74. The molecule has 1 saturated heterocycles. The first-order valence-electron chi connectivity index (χ1n) is 9.74. The second kappa shape index (κ2) is 9.89. The second-order valence-corrected chi connectivity index (χ2v) is 8.12. The summed E-state index contributed by atoms with van der Waals surface area (Å²) in [6, 6.07) is 9.44. The van der Waals surface area contributed by atoms with Gasteiger partial charge in [0.1, 0.15) is 5.60 Å². The summed E-state index contributed by atoms with van der Waals surface area (Å²) in [5.41, 5.74) is 0.311. The van der Waals surface area contributed by atoms with Gasteiger partial charge in [0.25, 0.3) is 0 Å². The first-order chi connectivity index (χ1) is 13.2. The summed E-state index contributed by atoms with van der Waals surface area (Å²) in [6.45, 7) is 8.42. The number of carbonyl (C=O) groups is 2. The Kier molecular flexibility index (Phi) is 7.83. The van der Waals surface area contributed by atoms with Crippen LogP contribution in [0.1, 0.15) is 46.1 Å². The Morgan fingerprint density at radius 2 is 1.82 bits per heavy atom. The summed E-state index contributed by atoms with van der Waals surface area (Å²) in [5, 5.41) is 10.4. The van der Waals surface area contributed by atoms with Crippen LogP contribution in [0.2, 0.25) is 0 Å². The average molecular weight is 392 g/mol. The van der Waals surface area contributed by atoms with Crippen LogP contribution in [0.25, 0.3) is 0 Å². The molecule has 1 N–H and O–H groups in total. The van der Waals surface area contributed by atoms with Crippen LogP contribution in [0.3, 0.4) is 0 Å². The smallest absolute Gasteiger partial charge is 0.410 e. The summed E-state index contributed by atoms with van der Waals surface area (Å²) in [4.78, 5) is 27.6. The van der Waals surface area contributed by atoms with Crippen molar-refractivity contribution in [2.75, 3.05) is 19.6 Å². The number of ether oxygens (including phenoxy) is 2. The van der Waals surface area contributed by atoms with Gasteiger partial charge in [0.15, 0.2) is 6.29 Å². The molecule has 2 rings (SSSR count). The summed E-state index contributed by atoms with van der Waals surface area (Å²) < 4.78 is 11.1. The number of benzene rings is 1.